The summed E-state index contributed by atoms with van der Waals surface area (Å²) in [4.78, 5) is 24.9. The summed E-state index contributed by atoms with van der Waals surface area (Å²) in [5.74, 6) is -0.493. The van der Waals surface area contributed by atoms with Crippen molar-refractivity contribution in [2.24, 2.45) is 0 Å². The lowest BCUT2D eigenvalue weighted by Crippen LogP contribution is -2.41. The van der Waals surface area contributed by atoms with Gasteiger partial charge in [0.2, 0.25) is 0 Å². The molecule has 30 heavy (non-hydrogen) atoms. The van der Waals surface area contributed by atoms with Crippen molar-refractivity contribution in [1.82, 2.24) is 20.6 Å². The Morgan fingerprint density at radius 3 is 2.43 bits per heavy atom. The topological polar surface area (TPSA) is 94.5 Å². The average Bonchev–Trinajstić information content (AvgIpc) is 3.14. The summed E-state index contributed by atoms with van der Waals surface area (Å²) in [6.45, 7) is 4.00. The Morgan fingerprint density at radius 2 is 1.77 bits per heavy atom. The van der Waals surface area contributed by atoms with Crippen LogP contribution in [0.4, 0.5) is 4.39 Å². The zero-order valence-electron chi connectivity index (χ0n) is 16.7. The van der Waals surface area contributed by atoms with E-state index < -0.39 is 11.8 Å². The molecule has 8 nitrogen and oxygen atoms in total. The number of carbonyl (C=O) groups excluding carboxylic acids is 2. The monoisotopic (exact) mass is 412 g/mol. The van der Waals surface area contributed by atoms with Gasteiger partial charge in [-0.3, -0.25) is 20.4 Å². The number of amides is 2. The predicted molar refractivity (Wildman–Crippen MR) is 107 cm³/mol. The van der Waals surface area contributed by atoms with Gasteiger partial charge >= 0.3 is 0 Å². The summed E-state index contributed by atoms with van der Waals surface area (Å²) in [6.07, 6.45) is 1.38. The van der Waals surface area contributed by atoms with Crippen LogP contribution in [0, 0.1) is 12.7 Å². The fourth-order valence-corrected chi connectivity index (χ4v) is 2.81. The largest absolute Gasteiger partial charge is 0.493 e. The normalized spacial score (nSPS) is 10.4. The molecule has 156 valence electrons. The molecule has 0 saturated carbocycles. The van der Waals surface area contributed by atoms with E-state index in [1.54, 1.807) is 31.2 Å². The lowest BCUT2D eigenvalue weighted by molar-refractivity contribution is 0.0846. The molecule has 0 spiro atoms. The molecular weight excluding hydrogens is 391 g/mol. The maximum atomic E-state index is 13.1. The van der Waals surface area contributed by atoms with E-state index in [0.717, 1.165) is 0 Å². The van der Waals surface area contributed by atoms with Crippen molar-refractivity contribution < 1.29 is 23.5 Å². The zero-order valence-corrected chi connectivity index (χ0v) is 16.7. The first-order valence-corrected chi connectivity index (χ1v) is 9.16. The second-order valence-electron chi connectivity index (χ2n) is 6.24. The van der Waals surface area contributed by atoms with Crippen LogP contribution in [0.1, 0.15) is 33.3 Å². The van der Waals surface area contributed by atoms with E-state index >= 15 is 0 Å². The van der Waals surface area contributed by atoms with Gasteiger partial charge in [0.1, 0.15) is 5.82 Å². The van der Waals surface area contributed by atoms with Crippen molar-refractivity contribution in [3.05, 3.63) is 71.3 Å². The van der Waals surface area contributed by atoms with Crippen LogP contribution in [-0.2, 0) is 0 Å². The second kappa shape index (κ2) is 9.08. The van der Waals surface area contributed by atoms with Crippen LogP contribution in [0.25, 0.3) is 5.69 Å². The highest BCUT2D eigenvalue weighted by Gasteiger charge is 2.17. The quantitative estimate of drug-likeness (QED) is 0.607. The number of benzene rings is 2. The van der Waals surface area contributed by atoms with Crippen molar-refractivity contribution in [3.63, 3.8) is 0 Å². The minimum absolute atomic E-state index is 0.267. The molecular formula is C21H21FN4O4. The molecule has 3 rings (SSSR count). The third kappa shape index (κ3) is 4.40. The van der Waals surface area contributed by atoms with E-state index in [9.17, 15) is 14.0 Å². The fraction of sp³-hybridized carbons (Fsp3) is 0.190. The summed E-state index contributed by atoms with van der Waals surface area (Å²) < 4.78 is 25.3. The van der Waals surface area contributed by atoms with Gasteiger partial charge in [0.15, 0.2) is 11.5 Å². The molecule has 0 radical (unpaired) electrons. The van der Waals surface area contributed by atoms with Crippen molar-refractivity contribution in [3.8, 4) is 17.2 Å². The fourth-order valence-electron chi connectivity index (χ4n) is 2.81. The minimum Gasteiger partial charge on any atom is -0.493 e. The number of nitrogens with one attached hydrogen (secondary N) is 2. The Labute approximate surface area is 172 Å². The van der Waals surface area contributed by atoms with Crippen molar-refractivity contribution >= 4 is 11.8 Å². The molecule has 0 aliphatic carbocycles. The summed E-state index contributed by atoms with van der Waals surface area (Å²) >= 11 is 0. The standard InChI is InChI=1S/C21H21FN4O4/c1-4-30-18-10-5-14(11-19(18)29-3)20(27)24-25-21(28)17-12-23-26(13(17)2)16-8-6-15(22)7-9-16/h5-12H,4H2,1-3H3,(H,24,27)(H,25,28). The first-order valence-electron chi connectivity index (χ1n) is 9.16. The number of rotatable bonds is 6. The van der Waals surface area contributed by atoms with Crippen LogP contribution < -0.4 is 20.3 Å². The number of carbonyl (C=O) groups is 2. The van der Waals surface area contributed by atoms with Gasteiger partial charge in [0.05, 0.1) is 36.9 Å². The Balaban J connectivity index is 1.68. The van der Waals surface area contributed by atoms with E-state index in [2.05, 4.69) is 16.0 Å². The first-order chi connectivity index (χ1) is 14.4. The molecule has 0 bridgehead atoms. The van der Waals surface area contributed by atoms with Gasteiger partial charge in [0, 0.05) is 5.56 Å². The molecule has 0 fully saturated rings. The maximum absolute atomic E-state index is 13.1. The highest BCUT2D eigenvalue weighted by atomic mass is 19.1. The van der Waals surface area contributed by atoms with Crippen LogP contribution in [0.3, 0.4) is 0 Å². The molecule has 2 N–H and O–H groups in total. The van der Waals surface area contributed by atoms with Crippen LogP contribution in [0.5, 0.6) is 11.5 Å². The van der Waals surface area contributed by atoms with E-state index in [1.807, 2.05) is 6.92 Å². The van der Waals surface area contributed by atoms with E-state index in [1.165, 1.54) is 36.2 Å². The van der Waals surface area contributed by atoms with Gasteiger partial charge in [-0.05, 0) is 56.3 Å². The first kappa shape index (κ1) is 20.8. The number of aromatic nitrogens is 2. The molecule has 3 aromatic rings. The summed E-state index contributed by atoms with van der Waals surface area (Å²) in [5.41, 5.74) is 6.43. The van der Waals surface area contributed by atoms with Crippen molar-refractivity contribution in [1.29, 1.82) is 0 Å². The molecule has 1 heterocycles. The zero-order chi connectivity index (χ0) is 21.7. The summed E-state index contributed by atoms with van der Waals surface area (Å²) in [6, 6.07) is 10.4. The molecule has 1 aromatic heterocycles. The molecule has 0 unspecified atom stereocenters. The summed E-state index contributed by atoms with van der Waals surface area (Å²) in [5, 5.41) is 4.16. The smallest absolute Gasteiger partial charge is 0.273 e. The maximum Gasteiger partial charge on any atom is 0.273 e. The number of halogens is 1. The molecule has 2 amide bonds. The minimum atomic E-state index is -0.535. The number of hydrazine groups is 1. The van der Waals surface area contributed by atoms with Crippen LogP contribution in [0.2, 0.25) is 0 Å². The van der Waals surface area contributed by atoms with Crippen LogP contribution >= 0.6 is 0 Å². The van der Waals surface area contributed by atoms with E-state index in [-0.39, 0.29) is 16.9 Å². The lowest BCUT2D eigenvalue weighted by Gasteiger charge is -2.11. The Bertz CT molecular complexity index is 1060. The van der Waals surface area contributed by atoms with Crippen molar-refractivity contribution in [2.75, 3.05) is 13.7 Å². The van der Waals surface area contributed by atoms with Gasteiger partial charge in [-0.2, -0.15) is 5.10 Å². The Kier molecular flexibility index (Phi) is 6.31. The van der Waals surface area contributed by atoms with Gasteiger partial charge in [0.25, 0.3) is 11.8 Å². The summed E-state index contributed by atoms with van der Waals surface area (Å²) in [7, 11) is 1.48. The third-order valence-electron chi connectivity index (χ3n) is 4.34. The van der Waals surface area contributed by atoms with E-state index in [4.69, 9.17) is 9.47 Å². The average molecular weight is 412 g/mol. The van der Waals surface area contributed by atoms with Crippen LogP contribution in [0.15, 0.2) is 48.7 Å². The third-order valence-corrected chi connectivity index (χ3v) is 4.34. The number of methoxy groups -OCH3 is 1. The number of hydrogen-bond donors (Lipinski definition) is 2. The predicted octanol–water partition coefficient (Wildman–Crippen LogP) is 2.80. The Hall–Kier alpha value is -3.88. The second-order valence-corrected chi connectivity index (χ2v) is 6.24. The van der Waals surface area contributed by atoms with Gasteiger partial charge < -0.3 is 9.47 Å². The van der Waals surface area contributed by atoms with Crippen LogP contribution in [-0.4, -0.2) is 35.3 Å². The molecule has 2 aromatic carbocycles. The lowest BCUT2D eigenvalue weighted by atomic mass is 10.2. The molecule has 0 aliphatic heterocycles. The Morgan fingerprint density at radius 1 is 1.07 bits per heavy atom. The number of ether oxygens (including phenoxy) is 2. The highest BCUT2D eigenvalue weighted by Crippen LogP contribution is 2.27. The number of nitrogens with zero attached hydrogens (tertiary/aromatic N) is 2. The molecule has 0 aliphatic rings. The SMILES string of the molecule is CCOc1ccc(C(=O)NNC(=O)c2cnn(-c3ccc(F)cc3)c2C)cc1OC. The van der Waals surface area contributed by atoms with Gasteiger partial charge in [-0.25, -0.2) is 9.07 Å². The van der Waals surface area contributed by atoms with Crippen molar-refractivity contribution in [2.45, 2.75) is 13.8 Å². The highest BCUT2D eigenvalue weighted by molar-refractivity contribution is 5.99. The number of hydrogen-bond acceptors (Lipinski definition) is 5. The molecule has 9 heteroatoms. The molecule has 0 atom stereocenters. The van der Waals surface area contributed by atoms with E-state index in [0.29, 0.717) is 29.5 Å². The molecule has 0 saturated heterocycles. The van der Waals surface area contributed by atoms with Gasteiger partial charge in [-0.1, -0.05) is 0 Å². The van der Waals surface area contributed by atoms with Gasteiger partial charge in [-0.15, -0.1) is 0 Å².